The second kappa shape index (κ2) is 6.85. The molecule has 2 aromatic carbocycles. The SMILES string of the molecule is O=C(NCCN1CCc2ccccc21)c1cccc(-n2cccc2)c1. The van der Waals surface area contributed by atoms with Crippen LogP contribution in [0.1, 0.15) is 15.9 Å². The van der Waals surface area contributed by atoms with Crippen molar-refractivity contribution in [3.8, 4) is 5.69 Å². The molecular formula is C21H21N3O. The molecule has 0 fully saturated rings. The van der Waals surface area contributed by atoms with E-state index in [-0.39, 0.29) is 5.91 Å². The van der Waals surface area contributed by atoms with Crippen LogP contribution in [-0.4, -0.2) is 30.1 Å². The van der Waals surface area contributed by atoms with Crippen molar-refractivity contribution in [1.29, 1.82) is 0 Å². The van der Waals surface area contributed by atoms with Crippen molar-refractivity contribution in [1.82, 2.24) is 9.88 Å². The lowest BCUT2D eigenvalue weighted by Gasteiger charge is -2.19. The highest BCUT2D eigenvalue weighted by molar-refractivity contribution is 5.94. The lowest BCUT2D eigenvalue weighted by Crippen LogP contribution is -2.34. The largest absolute Gasteiger partial charge is 0.369 e. The molecule has 0 aliphatic carbocycles. The number of anilines is 1. The predicted octanol–water partition coefficient (Wildman–Crippen LogP) is 3.27. The highest BCUT2D eigenvalue weighted by atomic mass is 16.1. The molecule has 0 atom stereocenters. The molecule has 126 valence electrons. The monoisotopic (exact) mass is 331 g/mol. The molecule has 0 unspecified atom stereocenters. The van der Waals surface area contributed by atoms with Gasteiger partial charge in [-0.25, -0.2) is 0 Å². The summed E-state index contributed by atoms with van der Waals surface area (Å²) < 4.78 is 2.00. The Morgan fingerprint density at radius 3 is 2.72 bits per heavy atom. The van der Waals surface area contributed by atoms with Crippen molar-refractivity contribution >= 4 is 11.6 Å². The summed E-state index contributed by atoms with van der Waals surface area (Å²) >= 11 is 0. The fourth-order valence-corrected chi connectivity index (χ4v) is 3.36. The van der Waals surface area contributed by atoms with E-state index < -0.39 is 0 Å². The lowest BCUT2D eigenvalue weighted by atomic mass is 10.2. The van der Waals surface area contributed by atoms with E-state index in [1.165, 1.54) is 11.3 Å². The third-order valence-corrected chi connectivity index (χ3v) is 4.66. The van der Waals surface area contributed by atoms with Gasteiger partial charge in [-0.05, 0) is 48.4 Å². The molecule has 4 rings (SSSR count). The normalized spacial score (nSPS) is 12.9. The van der Waals surface area contributed by atoms with Crippen LogP contribution in [0.2, 0.25) is 0 Å². The molecule has 0 saturated carbocycles. The molecule has 1 aromatic heterocycles. The maximum absolute atomic E-state index is 12.4. The van der Waals surface area contributed by atoms with Gasteiger partial charge in [0.15, 0.2) is 0 Å². The van der Waals surface area contributed by atoms with Gasteiger partial charge < -0.3 is 14.8 Å². The summed E-state index contributed by atoms with van der Waals surface area (Å²) in [6.07, 6.45) is 5.03. The standard InChI is InChI=1S/C21H21N3O/c25-21(18-7-5-8-19(16-18)23-12-3-4-13-23)22-11-15-24-14-10-17-6-1-2-9-20(17)24/h1-9,12-13,16H,10-11,14-15H2,(H,22,25). The molecule has 1 N–H and O–H groups in total. The Labute approximate surface area is 147 Å². The van der Waals surface area contributed by atoms with Gasteiger partial charge >= 0.3 is 0 Å². The van der Waals surface area contributed by atoms with Gasteiger partial charge in [0.1, 0.15) is 0 Å². The zero-order valence-corrected chi connectivity index (χ0v) is 14.1. The van der Waals surface area contributed by atoms with Crippen LogP contribution in [0.5, 0.6) is 0 Å². The zero-order chi connectivity index (χ0) is 17.1. The van der Waals surface area contributed by atoms with Crippen LogP contribution < -0.4 is 10.2 Å². The number of rotatable bonds is 5. The Morgan fingerprint density at radius 1 is 1.00 bits per heavy atom. The molecule has 4 heteroatoms. The number of para-hydroxylation sites is 1. The number of hydrogen-bond acceptors (Lipinski definition) is 2. The Balaban J connectivity index is 1.36. The minimum atomic E-state index is -0.0264. The molecule has 1 aliphatic rings. The first-order chi connectivity index (χ1) is 12.3. The molecule has 25 heavy (non-hydrogen) atoms. The summed E-state index contributed by atoms with van der Waals surface area (Å²) in [6.45, 7) is 2.50. The topological polar surface area (TPSA) is 37.3 Å². The molecule has 0 bridgehead atoms. The number of nitrogens with zero attached hydrogens (tertiary/aromatic N) is 2. The van der Waals surface area contributed by atoms with Crippen molar-refractivity contribution in [2.45, 2.75) is 6.42 Å². The van der Waals surface area contributed by atoms with Crippen LogP contribution in [0.3, 0.4) is 0 Å². The average molecular weight is 331 g/mol. The van der Waals surface area contributed by atoms with Crippen molar-refractivity contribution in [2.75, 3.05) is 24.5 Å². The van der Waals surface area contributed by atoms with Crippen LogP contribution in [0.4, 0.5) is 5.69 Å². The highest BCUT2D eigenvalue weighted by Gasteiger charge is 2.17. The van der Waals surface area contributed by atoms with Gasteiger partial charge in [0, 0.05) is 49.0 Å². The molecule has 1 amide bonds. The van der Waals surface area contributed by atoms with Crippen LogP contribution in [-0.2, 0) is 6.42 Å². The third-order valence-electron chi connectivity index (χ3n) is 4.66. The zero-order valence-electron chi connectivity index (χ0n) is 14.1. The average Bonchev–Trinajstić information content (AvgIpc) is 3.32. The smallest absolute Gasteiger partial charge is 0.251 e. The quantitative estimate of drug-likeness (QED) is 0.779. The second-order valence-electron chi connectivity index (χ2n) is 6.26. The number of carbonyl (C=O) groups is 1. The van der Waals surface area contributed by atoms with Crippen LogP contribution in [0, 0.1) is 0 Å². The molecule has 4 nitrogen and oxygen atoms in total. The summed E-state index contributed by atoms with van der Waals surface area (Å²) in [5, 5.41) is 3.04. The molecule has 1 aliphatic heterocycles. The van der Waals surface area contributed by atoms with E-state index in [9.17, 15) is 4.79 Å². The van der Waals surface area contributed by atoms with Crippen molar-refractivity contribution in [2.24, 2.45) is 0 Å². The van der Waals surface area contributed by atoms with Gasteiger partial charge in [0.05, 0.1) is 0 Å². The first-order valence-electron chi connectivity index (χ1n) is 8.66. The van der Waals surface area contributed by atoms with Crippen molar-refractivity contribution in [3.05, 3.63) is 84.2 Å². The minimum Gasteiger partial charge on any atom is -0.369 e. The first-order valence-corrected chi connectivity index (χ1v) is 8.66. The van der Waals surface area contributed by atoms with Gasteiger partial charge in [-0.15, -0.1) is 0 Å². The Kier molecular flexibility index (Phi) is 4.25. The second-order valence-corrected chi connectivity index (χ2v) is 6.26. The molecular weight excluding hydrogens is 310 g/mol. The molecule has 0 spiro atoms. The highest BCUT2D eigenvalue weighted by Crippen LogP contribution is 2.26. The summed E-state index contributed by atoms with van der Waals surface area (Å²) in [6, 6.07) is 20.1. The summed E-state index contributed by atoms with van der Waals surface area (Å²) in [7, 11) is 0. The number of carbonyl (C=O) groups excluding carboxylic acids is 1. The van der Waals surface area contributed by atoms with E-state index >= 15 is 0 Å². The van der Waals surface area contributed by atoms with Crippen molar-refractivity contribution in [3.63, 3.8) is 0 Å². The summed E-state index contributed by atoms with van der Waals surface area (Å²) in [5.74, 6) is -0.0264. The van der Waals surface area contributed by atoms with Gasteiger partial charge in [-0.2, -0.15) is 0 Å². The maximum Gasteiger partial charge on any atom is 0.251 e. The fraction of sp³-hybridized carbons (Fsp3) is 0.190. The first kappa shape index (κ1) is 15.5. The predicted molar refractivity (Wildman–Crippen MR) is 100 cm³/mol. The number of benzene rings is 2. The fourth-order valence-electron chi connectivity index (χ4n) is 3.36. The Bertz CT molecular complexity index is 870. The number of hydrogen-bond donors (Lipinski definition) is 1. The molecule has 0 radical (unpaired) electrons. The molecule has 2 heterocycles. The van der Waals surface area contributed by atoms with Crippen LogP contribution in [0.15, 0.2) is 73.1 Å². The van der Waals surface area contributed by atoms with E-state index in [0.29, 0.717) is 12.1 Å². The van der Waals surface area contributed by atoms with E-state index in [1.807, 2.05) is 53.4 Å². The van der Waals surface area contributed by atoms with Crippen LogP contribution in [0.25, 0.3) is 5.69 Å². The summed E-state index contributed by atoms with van der Waals surface area (Å²) in [4.78, 5) is 14.8. The molecule has 0 saturated heterocycles. The van der Waals surface area contributed by atoms with Gasteiger partial charge in [-0.1, -0.05) is 24.3 Å². The number of amides is 1. The maximum atomic E-state index is 12.4. The van der Waals surface area contributed by atoms with Gasteiger partial charge in [0.2, 0.25) is 0 Å². The number of nitrogens with one attached hydrogen (secondary N) is 1. The minimum absolute atomic E-state index is 0.0264. The Morgan fingerprint density at radius 2 is 1.84 bits per heavy atom. The summed E-state index contributed by atoms with van der Waals surface area (Å²) in [5.41, 5.74) is 4.37. The van der Waals surface area contributed by atoms with Gasteiger partial charge in [0.25, 0.3) is 5.91 Å². The number of fused-ring (bicyclic) bond motifs is 1. The Hall–Kier alpha value is -3.01. The van der Waals surface area contributed by atoms with E-state index in [2.05, 4.69) is 34.5 Å². The third kappa shape index (κ3) is 3.29. The number of aromatic nitrogens is 1. The molecule has 3 aromatic rings. The lowest BCUT2D eigenvalue weighted by molar-refractivity contribution is 0.0954. The van der Waals surface area contributed by atoms with E-state index in [4.69, 9.17) is 0 Å². The van der Waals surface area contributed by atoms with Crippen molar-refractivity contribution < 1.29 is 4.79 Å². The van der Waals surface area contributed by atoms with Crippen LogP contribution >= 0.6 is 0 Å². The van der Waals surface area contributed by atoms with E-state index in [1.54, 1.807) is 0 Å². The van der Waals surface area contributed by atoms with Gasteiger partial charge in [-0.3, -0.25) is 4.79 Å². The van der Waals surface area contributed by atoms with E-state index in [0.717, 1.165) is 25.2 Å².